The van der Waals surface area contributed by atoms with Crippen molar-refractivity contribution in [1.82, 2.24) is 4.72 Å². The number of rotatable bonds is 8. The summed E-state index contributed by atoms with van der Waals surface area (Å²) in [5.74, 6) is 1.23. The third-order valence-electron chi connectivity index (χ3n) is 4.65. The molecule has 1 atom stereocenters. The molecule has 0 aliphatic heterocycles. The van der Waals surface area contributed by atoms with Crippen molar-refractivity contribution in [3.63, 3.8) is 0 Å². The van der Waals surface area contributed by atoms with Crippen LogP contribution in [-0.2, 0) is 10.0 Å². The Balaban J connectivity index is 0.00000208. The Kier molecular flexibility index (Phi) is 6.79. The van der Waals surface area contributed by atoms with Crippen LogP contribution in [0.15, 0.2) is 23.1 Å². The molecule has 3 N–H and O–H groups in total. The molecule has 8 heteroatoms. The molecule has 0 bridgehead atoms. The lowest BCUT2D eigenvalue weighted by atomic mass is 9.86. The fraction of sp³-hybridized carbons (Fsp3) is 0.625. The lowest BCUT2D eigenvalue weighted by Crippen LogP contribution is -2.41. The third kappa shape index (κ3) is 4.76. The van der Waals surface area contributed by atoms with Gasteiger partial charge >= 0.3 is 0 Å². The van der Waals surface area contributed by atoms with Crippen molar-refractivity contribution in [1.29, 1.82) is 0 Å². The molecular formula is C16H24Cl2N2O3S. The van der Waals surface area contributed by atoms with E-state index in [-0.39, 0.29) is 23.3 Å². The Bertz CT molecular complexity index is 661. The van der Waals surface area contributed by atoms with Crippen LogP contribution in [0.1, 0.15) is 32.1 Å². The summed E-state index contributed by atoms with van der Waals surface area (Å²) in [6.07, 6.45) is 5.55. The molecule has 0 spiro atoms. The van der Waals surface area contributed by atoms with Crippen molar-refractivity contribution >= 4 is 34.0 Å². The average Bonchev–Trinajstić information content (AvgIpc) is 3.29. The van der Waals surface area contributed by atoms with Crippen LogP contribution in [0.25, 0.3) is 0 Å². The standard InChI is InChI=1S/C16H23ClN2O3S.ClH/c17-13-6-7-15(22-10-11-2-1-3-11)16(8-13)23(20,21)19-14(9-18)12-4-5-12;/h6-8,11-12,14,19H,1-5,9-10,18H2;1H. The topological polar surface area (TPSA) is 81.4 Å². The van der Waals surface area contributed by atoms with Gasteiger partial charge in [0.15, 0.2) is 0 Å². The largest absolute Gasteiger partial charge is 0.492 e. The minimum Gasteiger partial charge on any atom is -0.492 e. The van der Waals surface area contributed by atoms with Crippen LogP contribution < -0.4 is 15.2 Å². The molecule has 0 heterocycles. The van der Waals surface area contributed by atoms with E-state index in [4.69, 9.17) is 22.1 Å². The van der Waals surface area contributed by atoms with Crippen LogP contribution in [-0.4, -0.2) is 27.6 Å². The second-order valence-corrected chi connectivity index (χ2v) is 8.62. The fourth-order valence-electron chi connectivity index (χ4n) is 2.78. The molecule has 0 aromatic heterocycles. The summed E-state index contributed by atoms with van der Waals surface area (Å²) in [5.41, 5.74) is 5.71. The van der Waals surface area contributed by atoms with E-state index >= 15 is 0 Å². The van der Waals surface area contributed by atoms with Gasteiger partial charge in [0, 0.05) is 17.6 Å². The molecule has 2 fully saturated rings. The first kappa shape index (κ1) is 19.8. The van der Waals surface area contributed by atoms with E-state index in [2.05, 4.69) is 4.72 Å². The van der Waals surface area contributed by atoms with Gasteiger partial charge in [-0.2, -0.15) is 0 Å². The first-order chi connectivity index (χ1) is 11.0. The number of halogens is 2. The number of hydrogen-bond acceptors (Lipinski definition) is 4. The Hall–Kier alpha value is -0.530. The van der Waals surface area contributed by atoms with Gasteiger partial charge in [0.1, 0.15) is 10.6 Å². The van der Waals surface area contributed by atoms with Crippen molar-refractivity contribution in [2.75, 3.05) is 13.2 Å². The number of benzene rings is 1. The predicted molar refractivity (Wildman–Crippen MR) is 97.4 cm³/mol. The first-order valence-electron chi connectivity index (χ1n) is 8.14. The van der Waals surface area contributed by atoms with Crippen molar-refractivity contribution in [2.45, 2.75) is 43.0 Å². The zero-order chi connectivity index (χ0) is 16.4. The molecule has 2 aliphatic carbocycles. The van der Waals surface area contributed by atoms with Gasteiger partial charge in [0.2, 0.25) is 10.0 Å². The van der Waals surface area contributed by atoms with Crippen LogP contribution in [0.2, 0.25) is 5.02 Å². The maximum absolute atomic E-state index is 12.7. The maximum Gasteiger partial charge on any atom is 0.244 e. The molecule has 0 radical (unpaired) electrons. The molecule has 1 aromatic rings. The molecule has 24 heavy (non-hydrogen) atoms. The van der Waals surface area contributed by atoms with Gasteiger partial charge in [0.25, 0.3) is 0 Å². The van der Waals surface area contributed by atoms with Gasteiger partial charge in [0.05, 0.1) is 6.61 Å². The first-order valence-corrected chi connectivity index (χ1v) is 10.0. The zero-order valence-electron chi connectivity index (χ0n) is 13.4. The molecule has 3 rings (SSSR count). The maximum atomic E-state index is 12.7. The highest BCUT2D eigenvalue weighted by Crippen LogP contribution is 2.35. The SMILES string of the molecule is Cl.NCC(NS(=O)(=O)c1cc(Cl)ccc1OCC1CCC1)C1CC1. The minimum absolute atomic E-state index is 0. The van der Waals surface area contributed by atoms with Crippen molar-refractivity contribution in [3.05, 3.63) is 23.2 Å². The number of nitrogens with two attached hydrogens (primary N) is 1. The fourth-order valence-corrected chi connectivity index (χ4v) is 4.50. The van der Waals surface area contributed by atoms with E-state index in [1.54, 1.807) is 12.1 Å². The van der Waals surface area contributed by atoms with Crippen LogP contribution in [0.4, 0.5) is 0 Å². The van der Waals surface area contributed by atoms with E-state index in [9.17, 15) is 8.42 Å². The number of sulfonamides is 1. The summed E-state index contributed by atoms with van der Waals surface area (Å²) in [6, 6.07) is 4.50. The minimum atomic E-state index is -3.71. The van der Waals surface area contributed by atoms with Crippen molar-refractivity contribution in [3.8, 4) is 5.75 Å². The molecule has 0 amide bonds. The quantitative estimate of drug-likeness (QED) is 0.709. The second kappa shape index (κ2) is 8.23. The van der Waals surface area contributed by atoms with Gasteiger partial charge in [-0.15, -0.1) is 12.4 Å². The number of ether oxygens (including phenoxy) is 1. The summed E-state index contributed by atoms with van der Waals surface area (Å²) >= 11 is 6.00. The summed E-state index contributed by atoms with van der Waals surface area (Å²) in [5, 5.41) is 0.372. The highest BCUT2D eigenvalue weighted by Gasteiger charge is 2.34. The lowest BCUT2D eigenvalue weighted by molar-refractivity contribution is 0.177. The molecule has 1 unspecified atom stereocenters. The molecule has 2 saturated carbocycles. The average molecular weight is 395 g/mol. The van der Waals surface area contributed by atoms with Crippen molar-refractivity contribution < 1.29 is 13.2 Å². The Morgan fingerprint density at radius 3 is 2.54 bits per heavy atom. The normalized spacial score (nSPS) is 19.2. The predicted octanol–water partition coefficient (Wildman–Crippen LogP) is 2.96. The molecule has 2 aliphatic rings. The van der Waals surface area contributed by atoms with Gasteiger partial charge in [-0.05, 0) is 55.7 Å². The second-order valence-electron chi connectivity index (χ2n) is 6.50. The monoisotopic (exact) mass is 394 g/mol. The molecule has 5 nitrogen and oxygen atoms in total. The highest BCUT2D eigenvalue weighted by molar-refractivity contribution is 7.89. The summed E-state index contributed by atoms with van der Waals surface area (Å²) in [4.78, 5) is 0.100. The van der Waals surface area contributed by atoms with E-state index in [0.717, 1.165) is 25.7 Å². The third-order valence-corrected chi connectivity index (χ3v) is 6.39. The smallest absolute Gasteiger partial charge is 0.244 e. The summed E-state index contributed by atoms with van der Waals surface area (Å²) in [6.45, 7) is 0.843. The summed E-state index contributed by atoms with van der Waals surface area (Å²) in [7, 11) is -3.71. The van der Waals surface area contributed by atoms with Crippen LogP contribution in [0.3, 0.4) is 0 Å². The van der Waals surface area contributed by atoms with Gasteiger partial charge in [-0.1, -0.05) is 18.0 Å². The molecule has 0 saturated heterocycles. The molecular weight excluding hydrogens is 371 g/mol. The van der Waals surface area contributed by atoms with Crippen LogP contribution in [0, 0.1) is 11.8 Å². The van der Waals surface area contributed by atoms with Gasteiger partial charge in [-0.25, -0.2) is 13.1 Å². The molecule has 1 aromatic carbocycles. The van der Waals surface area contributed by atoms with E-state index in [1.165, 1.54) is 12.5 Å². The Morgan fingerprint density at radius 2 is 2.00 bits per heavy atom. The van der Waals surface area contributed by atoms with Crippen LogP contribution >= 0.6 is 24.0 Å². The molecule has 136 valence electrons. The van der Waals surface area contributed by atoms with Gasteiger partial charge in [-0.3, -0.25) is 0 Å². The van der Waals surface area contributed by atoms with E-state index in [1.807, 2.05) is 0 Å². The number of nitrogens with one attached hydrogen (secondary N) is 1. The van der Waals surface area contributed by atoms with Crippen LogP contribution in [0.5, 0.6) is 5.75 Å². The van der Waals surface area contributed by atoms with Crippen molar-refractivity contribution in [2.24, 2.45) is 17.6 Å². The highest BCUT2D eigenvalue weighted by atomic mass is 35.5. The van der Waals surface area contributed by atoms with Gasteiger partial charge < -0.3 is 10.5 Å². The Labute approximate surface area is 154 Å². The number of hydrogen-bond donors (Lipinski definition) is 2. The summed E-state index contributed by atoms with van der Waals surface area (Å²) < 4.78 is 33.9. The van der Waals surface area contributed by atoms with E-state index < -0.39 is 10.0 Å². The zero-order valence-corrected chi connectivity index (χ0v) is 15.8. The van der Waals surface area contributed by atoms with E-state index in [0.29, 0.717) is 35.8 Å². The Morgan fingerprint density at radius 1 is 1.29 bits per heavy atom. The lowest BCUT2D eigenvalue weighted by Gasteiger charge is -2.26.